The summed E-state index contributed by atoms with van der Waals surface area (Å²) in [7, 11) is 0. The number of rotatable bonds is 8. The number of nitrogens with two attached hydrogens (primary N) is 1. The van der Waals surface area contributed by atoms with Crippen molar-refractivity contribution < 1.29 is 9.53 Å². The molecule has 3 N–H and O–H groups in total. The molecular formula is C17H23N3O2S. The number of carbonyl (C=O) groups excluding carboxylic acids is 1. The van der Waals surface area contributed by atoms with Gasteiger partial charge in [-0.05, 0) is 37.6 Å². The summed E-state index contributed by atoms with van der Waals surface area (Å²) < 4.78 is 5.71. The van der Waals surface area contributed by atoms with E-state index in [9.17, 15) is 4.79 Å². The number of carbonyl (C=O) groups is 1. The van der Waals surface area contributed by atoms with Gasteiger partial charge in [-0.15, -0.1) is 11.3 Å². The number of aryl methyl sites for hydroxylation is 1. The van der Waals surface area contributed by atoms with Crippen LogP contribution in [0.5, 0.6) is 5.75 Å². The number of unbranched alkanes of at least 4 members (excludes halogenated alkanes) is 2. The van der Waals surface area contributed by atoms with Crippen LogP contribution in [-0.2, 0) is 4.79 Å². The zero-order chi connectivity index (χ0) is 16.7. The Balaban J connectivity index is 2.03. The molecular weight excluding hydrogens is 310 g/mol. The van der Waals surface area contributed by atoms with E-state index in [4.69, 9.17) is 10.5 Å². The van der Waals surface area contributed by atoms with Gasteiger partial charge in [0, 0.05) is 10.4 Å². The fourth-order valence-electron chi connectivity index (χ4n) is 2.14. The third-order valence-corrected chi connectivity index (χ3v) is 4.26. The molecule has 0 aliphatic heterocycles. The molecule has 0 bridgehead atoms. The third-order valence-electron chi connectivity index (χ3n) is 3.37. The van der Waals surface area contributed by atoms with Gasteiger partial charge in [0.05, 0.1) is 18.8 Å². The molecule has 0 aliphatic rings. The molecule has 23 heavy (non-hydrogen) atoms. The number of hydrogen-bond acceptors (Lipinski definition) is 5. The van der Waals surface area contributed by atoms with Crippen LogP contribution in [0.3, 0.4) is 0 Å². The van der Waals surface area contributed by atoms with Crippen molar-refractivity contribution in [3.63, 3.8) is 0 Å². The maximum absolute atomic E-state index is 11.3. The summed E-state index contributed by atoms with van der Waals surface area (Å²) in [6, 6.07) is 7.90. The van der Waals surface area contributed by atoms with Crippen LogP contribution in [-0.4, -0.2) is 24.0 Å². The van der Waals surface area contributed by atoms with Crippen molar-refractivity contribution in [3.8, 4) is 17.0 Å². The SMILES string of the molecule is CCCCCOc1ccc(-c2nc(NC(=O)CN)sc2C)cc1. The van der Waals surface area contributed by atoms with Crippen LogP contribution in [0.2, 0.25) is 0 Å². The normalized spacial score (nSPS) is 10.6. The molecule has 124 valence electrons. The van der Waals surface area contributed by atoms with Crippen molar-refractivity contribution in [2.75, 3.05) is 18.5 Å². The molecule has 0 aliphatic carbocycles. The van der Waals surface area contributed by atoms with Gasteiger partial charge < -0.3 is 15.8 Å². The summed E-state index contributed by atoms with van der Waals surface area (Å²) in [6.07, 6.45) is 3.45. The molecule has 0 atom stereocenters. The third kappa shape index (κ3) is 5.04. The van der Waals surface area contributed by atoms with Crippen LogP contribution in [0.25, 0.3) is 11.3 Å². The summed E-state index contributed by atoms with van der Waals surface area (Å²) in [5.41, 5.74) is 7.18. The second kappa shape index (κ2) is 8.64. The van der Waals surface area contributed by atoms with Gasteiger partial charge in [0.1, 0.15) is 5.75 Å². The molecule has 0 saturated heterocycles. The lowest BCUT2D eigenvalue weighted by Crippen LogP contribution is -2.21. The number of hydrogen-bond donors (Lipinski definition) is 2. The predicted octanol–water partition coefficient (Wildman–Crippen LogP) is 3.58. The first-order valence-electron chi connectivity index (χ1n) is 7.84. The number of aromatic nitrogens is 1. The molecule has 0 spiro atoms. The standard InChI is InChI=1S/C17H23N3O2S/c1-3-4-5-10-22-14-8-6-13(7-9-14)16-12(2)23-17(20-16)19-15(21)11-18/h6-9H,3-5,10-11,18H2,1-2H3,(H,19,20,21). The largest absolute Gasteiger partial charge is 0.494 e. The number of nitrogens with zero attached hydrogens (tertiary/aromatic N) is 1. The molecule has 1 amide bonds. The van der Waals surface area contributed by atoms with E-state index < -0.39 is 0 Å². The summed E-state index contributed by atoms with van der Waals surface area (Å²) in [4.78, 5) is 16.9. The minimum atomic E-state index is -0.235. The lowest BCUT2D eigenvalue weighted by Gasteiger charge is -2.06. The lowest BCUT2D eigenvalue weighted by molar-refractivity contribution is -0.114. The second-order valence-corrected chi connectivity index (χ2v) is 6.46. The molecule has 5 nitrogen and oxygen atoms in total. The number of ether oxygens (including phenoxy) is 1. The fourth-order valence-corrected chi connectivity index (χ4v) is 2.99. The van der Waals surface area contributed by atoms with Crippen LogP contribution in [0.1, 0.15) is 31.1 Å². The minimum Gasteiger partial charge on any atom is -0.494 e. The highest BCUT2D eigenvalue weighted by Gasteiger charge is 2.11. The molecule has 1 aromatic heterocycles. The zero-order valence-electron chi connectivity index (χ0n) is 13.6. The summed E-state index contributed by atoms with van der Waals surface area (Å²) in [5, 5.41) is 3.27. The first-order chi connectivity index (χ1) is 11.1. The average Bonchev–Trinajstić information content (AvgIpc) is 2.92. The second-order valence-electron chi connectivity index (χ2n) is 5.26. The lowest BCUT2D eigenvalue weighted by atomic mass is 10.1. The topological polar surface area (TPSA) is 77.2 Å². The van der Waals surface area contributed by atoms with Gasteiger partial charge in [0.2, 0.25) is 5.91 Å². The van der Waals surface area contributed by atoms with Gasteiger partial charge in [0.25, 0.3) is 0 Å². The Labute approximate surface area is 140 Å². The Bertz CT molecular complexity index is 638. The summed E-state index contributed by atoms with van der Waals surface area (Å²) in [6.45, 7) is 4.87. The van der Waals surface area contributed by atoms with E-state index in [1.807, 2.05) is 31.2 Å². The molecule has 2 aromatic rings. The van der Waals surface area contributed by atoms with Crippen LogP contribution in [0, 0.1) is 6.92 Å². The van der Waals surface area contributed by atoms with Crippen LogP contribution >= 0.6 is 11.3 Å². The van der Waals surface area contributed by atoms with Crippen LogP contribution in [0.4, 0.5) is 5.13 Å². The van der Waals surface area contributed by atoms with Crippen LogP contribution < -0.4 is 15.8 Å². The first-order valence-corrected chi connectivity index (χ1v) is 8.66. The monoisotopic (exact) mass is 333 g/mol. The molecule has 1 heterocycles. The van der Waals surface area contributed by atoms with Gasteiger partial charge in [-0.25, -0.2) is 4.98 Å². The van der Waals surface area contributed by atoms with E-state index in [0.717, 1.165) is 34.9 Å². The zero-order valence-corrected chi connectivity index (χ0v) is 14.4. The van der Waals surface area contributed by atoms with Crippen molar-refractivity contribution in [1.29, 1.82) is 0 Å². The van der Waals surface area contributed by atoms with Crippen molar-refractivity contribution in [2.24, 2.45) is 5.73 Å². The smallest absolute Gasteiger partial charge is 0.239 e. The van der Waals surface area contributed by atoms with Crippen molar-refractivity contribution in [3.05, 3.63) is 29.1 Å². The number of benzene rings is 1. The van der Waals surface area contributed by atoms with Crippen molar-refractivity contribution >= 4 is 22.4 Å². The Kier molecular flexibility index (Phi) is 6.55. The summed E-state index contributed by atoms with van der Waals surface area (Å²) >= 11 is 1.45. The highest BCUT2D eigenvalue weighted by molar-refractivity contribution is 7.16. The Morgan fingerprint density at radius 2 is 2.04 bits per heavy atom. The quantitative estimate of drug-likeness (QED) is 0.724. The maximum atomic E-state index is 11.3. The van der Waals surface area contributed by atoms with Crippen molar-refractivity contribution in [1.82, 2.24) is 4.98 Å². The molecule has 0 fully saturated rings. The number of amides is 1. The summed E-state index contributed by atoms with van der Waals surface area (Å²) in [5.74, 6) is 0.635. The molecule has 0 unspecified atom stereocenters. The predicted molar refractivity (Wildman–Crippen MR) is 95.0 cm³/mol. The number of thiazole rings is 1. The first kappa shape index (κ1) is 17.4. The average molecular weight is 333 g/mol. The Morgan fingerprint density at radius 3 is 2.70 bits per heavy atom. The highest BCUT2D eigenvalue weighted by atomic mass is 32.1. The Hall–Kier alpha value is -1.92. The van der Waals surface area contributed by atoms with E-state index in [1.54, 1.807) is 0 Å². The van der Waals surface area contributed by atoms with Crippen molar-refractivity contribution in [2.45, 2.75) is 33.1 Å². The minimum absolute atomic E-state index is 0.0436. The van der Waals surface area contributed by atoms with E-state index in [-0.39, 0.29) is 12.5 Å². The van der Waals surface area contributed by atoms with E-state index in [2.05, 4.69) is 17.2 Å². The number of anilines is 1. The highest BCUT2D eigenvalue weighted by Crippen LogP contribution is 2.31. The molecule has 2 rings (SSSR count). The maximum Gasteiger partial charge on any atom is 0.239 e. The molecule has 0 saturated carbocycles. The van der Waals surface area contributed by atoms with E-state index >= 15 is 0 Å². The van der Waals surface area contributed by atoms with E-state index in [0.29, 0.717) is 5.13 Å². The van der Waals surface area contributed by atoms with Crippen LogP contribution in [0.15, 0.2) is 24.3 Å². The van der Waals surface area contributed by atoms with E-state index in [1.165, 1.54) is 24.2 Å². The van der Waals surface area contributed by atoms with Gasteiger partial charge >= 0.3 is 0 Å². The molecule has 0 radical (unpaired) electrons. The van der Waals surface area contributed by atoms with Gasteiger partial charge in [-0.3, -0.25) is 4.79 Å². The van der Waals surface area contributed by atoms with Gasteiger partial charge in [-0.1, -0.05) is 19.8 Å². The Morgan fingerprint density at radius 1 is 1.30 bits per heavy atom. The van der Waals surface area contributed by atoms with Gasteiger partial charge in [-0.2, -0.15) is 0 Å². The number of nitrogens with one attached hydrogen (secondary N) is 1. The molecule has 1 aromatic carbocycles. The molecule has 6 heteroatoms. The van der Waals surface area contributed by atoms with Gasteiger partial charge in [0.15, 0.2) is 5.13 Å². The fraction of sp³-hybridized carbons (Fsp3) is 0.412.